The molecule has 7 nitrogen and oxygen atoms in total. The van der Waals surface area contributed by atoms with Gasteiger partial charge in [0.05, 0.1) is 21.3 Å². The Morgan fingerprint density at radius 2 is 1.69 bits per heavy atom. The molecule has 0 spiro atoms. The Labute approximate surface area is 172 Å². The quantitative estimate of drug-likeness (QED) is 0.528. The van der Waals surface area contributed by atoms with Crippen LogP contribution in [0.4, 0.5) is 0 Å². The summed E-state index contributed by atoms with van der Waals surface area (Å²) in [6, 6.07) is 3.57. The summed E-state index contributed by atoms with van der Waals surface area (Å²) in [5.74, 6) is 1.01. The van der Waals surface area contributed by atoms with Crippen molar-refractivity contribution in [2.45, 2.75) is 51.7 Å². The molecule has 29 heavy (non-hydrogen) atoms. The summed E-state index contributed by atoms with van der Waals surface area (Å²) in [7, 11) is 4.56. The van der Waals surface area contributed by atoms with E-state index in [0.717, 1.165) is 19.3 Å². The number of amides is 1. The smallest absolute Gasteiger partial charge is 0.331 e. The zero-order valence-corrected chi connectivity index (χ0v) is 17.8. The fourth-order valence-corrected chi connectivity index (χ4v) is 3.46. The van der Waals surface area contributed by atoms with Crippen LogP contribution >= 0.6 is 0 Å². The maximum atomic E-state index is 12.3. The van der Waals surface area contributed by atoms with Crippen molar-refractivity contribution in [2.24, 2.45) is 5.92 Å². The van der Waals surface area contributed by atoms with E-state index in [0.29, 0.717) is 28.7 Å². The summed E-state index contributed by atoms with van der Waals surface area (Å²) in [6.07, 6.45) is 6.37. The molecule has 0 bridgehead atoms. The largest absolute Gasteiger partial charge is 0.493 e. The first kappa shape index (κ1) is 22.6. The lowest BCUT2D eigenvalue weighted by Crippen LogP contribution is -2.45. The minimum atomic E-state index is -0.860. The van der Waals surface area contributed by atoms with Crippen LogP contribution in [0.1, 0.15) is 45.1 Å². The van der Waals surface area contributed by atoms with E-state index in [-0.39, 0.29) is 11.9 Å². The van der Waals surface area contributed by atoms with Gasteiger partial charge in [0.15, 0.2) is 17.6 Å². The van der Waals surface area contributed by atoms with Gasteiger partial charge in [0, 0.05) is 12.1 Å². The molecular weight excluding hydrogens is 374 g/mol. The highest BCUT2D eigenvalue weighted by molar-refractivity contribution is 5.90. The first-order valence-electron chi connectivity index (χ1n) is 9.88. The average Bonchev–Trinajstić information content (AvgIpc) is 2.72. The standard InChI is InChI=1S/C22H31NO6/c1-14-8-6-7-9-17(14)23-22(25)15(2)29-20(24)11-10-16-12-18(26-3)21(28-5)19(13-16)27-4/h10-15,17H,6-9H2,1-5H3,(H,23,25)/b11-10+/t14-,15-,17+/m1/s1. The second-order valence-corrected chi connectivity index (χ2v) is 7.25. The molecule has 7 heteroatoms. The van der Waals surface area contributed by atoms with Gasteiger partial charge in [0.2, 0.25) is 5.75 Å². The van der Waals surface area contributed by atoms with Gasteiger partial charge in [0.1, 0.15) is 0 Å². The van der Waals surface area contributed by atoms with E-state index >= 15 is 0 Å². The second kappa shape index (κ2) is 10.7. The predicted molar refractivity (Wildman–Crippen MR) is 110 cm³/mol. The Morgan fingerprint density at radius 1 is 1.07 bits per heavy atom. The molecule has 0 radical (unpaired) electrons. The van der Waals surface area contributed by atoms with Crippen LogP contribution in [0, 0.1) is 5.92 Å². The van der Waals surface area contributed by atoms with E-state index in [1.54, 1.807) is 25.1 Å². The van der Waals surface area contributed by atoms with Crippen LogP contribution in [-0.2, 0) is 14.3 Å². The third kappa shape index (κ3) is 6.14. The molecule has 1 aromatic rings. The Hall–Kier alpha value is -2.70. The number of nitrogens with one attached hydrogen (secondary N) is 1. The lowest BCUT2D eigenvalue weighted by Gasteiger charge is -2.30. The van der Waals surface area contributed by atoms with Crippen LogP contribution < -0.4 is 19.5 Å². The number of benzene rings is 1. The van der Waals surface area contributed by atoms with E-state index in [1.165, 1.54) is 33.8 Å². The molecule has 0 aromatic heterocycles. The number of carbonyl (C=O) groups is 2. The van der Waals surface area contributed by atoms with E-state index in [4.69, 9.17) is 18.9 Å². The summed E-state index contributed by atoms with van der Waals surface area (Å²) in [5.41, 5.74) is 0.671. The molecule has 1 aromatic carbocycles. The Balaban J connectivity index is 1.97. The van der Waals surface area contributed by atoms with Gasteiger partial charge >= 0.3 is 5.97 Å². The first-order valence-corrected chi connectivity index (χ1v) is 9.88. The molecule has 0 unspecified atom stereocenters. The number of hydrogen-bond acceptors (Lipinski definition) is 6. The van der Waals surface area contributed by atoms with Gasteiger partial charge in [-0.15, -0.1) is 0 Å². The van der Waals surface area contributed by atoms with Crippen molar-refractivity contribution < 1.29 is 28.5 Å². The summed E-state index contributed by atoms with van der Waals surface area (Å²) in [4.78, 5) is 24.5. The Bertz CT molecular complexity index is 720. The van der Waals surface area contributed by atoms with Crippen molar-refractivity contribution in [3.63, 3.8) is 0 Å². The monoisotopic (exact) mass is 405 g/mol. The molecule has 1 aliphatic carbocycles. The highest BCUT2D eigenvalue weighted by Gasteiger charge is 2.26. The van der Waals surface area contributed by atoms with Crippen LogP contribution in [0.15, 0.2) is 18.2 Å². The highest BCUT2D eigenvalue weighted by Crippen LogP contribution is 2.38. The summed E-state index contributed by atoms with van der Waals surface area (Å²) < 4.78 is 21.1. The van der Waals surface area contributed by atoms with Crippen molar-refractivity contribution in [3.8, 4) is 17.2 Å². The third-order valence-electron chi connectivity index (χ3n) is 5.20. The minimum Gasteiger partial charge on any atom is -0.493 e. The van der Waals surface area contributed by atoms with Gasteiger partial charge in [-0.3, -0.25) is 4.79 Å². The number of methoxy groups -OCH3 is 3. The van der Waals surface area contributed by atoms with Crippen molar-refractivity contribution in [2.75, 3.05) is 21.3 Å². The highest BCUT2D eigenvalue weighted by atomic mass is 16.5. The topological polar surface area (TPSA) is 83.1 Å². The minimum absolute atomic E-state index is 0.146. The predicted octanol–water partition coefficient (Wildman–Crippen LogP) is 3.35. The molecule has 3 atom stereocenters. The lowest BCUT2D eigenvalue weighted by molar-refractivity contribution is -0.150. The number of carbonyl (C=O) groups excluding carboxylic acids is 2. The van der Waals surface area contributed by atoms with Crippen molar-refractivity contribution in [3.05, 3.63) is 23.8 Å². The molecule has 1 N–H and O–H groups in total. The van der Waals surface area contributed by atoms with E-state index in [1.807, 2.05) is 0 Å². The SMILES string of the molecule is COc1cc(/C=C/C(=O)O[C@H](C)C(=O)N[C@H]2CCCC[C@H]2C)cc(OC)c1OC. The van der Waals surface area contributed by atoms with Crippen molar-refractivity contribution in [1.82, 2.24) is 5.32 Å². The number of rotatable bonds is 8. The molecule has 0 aliphatic heterocycles. The summed E-state index contributed by atoms with van der Waals surface area (Å²) in [5, 5.41) is 3.00. The van der Waals surface area contributed by atoms with Gasteiger partial charge in [-0.05, 0) is 49.5 Å². The fourth-order valence-electron chi connectivity index (χ4n) is 3.46. The molecular formula is C22H31NO6. The van der Waals surface area contributed by atoms with Crippen LogP contribution in [0.5, 0.6) is 17.2 Å². The second-order valence-electron chi connectivity index (χ2n) is 7.25. The van der Waals surface area contributed by atoms with Gasteiger partial charge in [-0.1, -0.05) is 19.8 Å². The van der Waals surface area contributed by atoms with E-state index < -0.39 is 12.1 Å². The summed E-state index contributed by atoms with van der Waals surface area (Å²) in [6.45, 7) is 3.72. The molecule has 0 heterocycles. The van der Waals surface area contributed by atoms with Crippen molar-refractivity contribution >= 4 is 18.0 Å². The molecule has 1 amide bonds. The maximum absolute atomic E-state index is 12.3. The lowest BCUT2D eigenvalue weighted by atomic mass is 9.86. The third-order valence-corrected chi connectivity index (χ3v) is 5.20. The Morgan fingerprint density at radius 3 is 2.24 bits per heavy atom. The van der Waals surface area contributed by atoms with Gasteiger partial charge in [-0.2, -0.15) is 0 Å². The molecule has 0 saturated heterocycles. The van der Waals surface area contributed by atoms with Gasteiger partial charge in [0.25, 0.3) is 5.91 Å². The number of esters is 1. The van der Waals surface area contributed by atoms with Crippen LogP contribution in [-0.4, -0.2) is 45.4 Å². The van der Waals surface area contributed by atoms with Gasteiger partial charge < -0.3 is 24.3 Å². The Kier molecular flexibility index (Phi) is 8.36. The molecule has 2 rings (SSSR count). The van der Waals surface area contributed by atoms with E-state index in [2.05, 4.69) is 12.2 Å². The van der Waals surface area contributed by atoms with Gasteiger partial charge in [-0.25, -0.2) is 4.79 Å². The van der Waals surface area contributed by atoms with Crippen LogP contribution in [0.25, 0.3) is 6.08 Å². The summed E-state index contributed by atoms with van der Waals surface area (Å²) >= 11 is 0. The number of hydrogen-bond donors (Lipinski definition) is 1. The normalized spacial score (nSPS) is 20.0. The number of ether oxygens (including phenoxy) is 4. The molecule has 160 valence electrons. The average molecular weight is 405 g/mol. The first-order chi connectivity index (χ1) is 13.9. The van der Waals surface area contributed by atoms with E-state index in [9.17, 15) is 9.59 Å². The molecule has 1 aliphatic rings. The fraction of sp³-hybridized carbons (Fsp3) is 0.545. The van der Waals surface area contributed by atoms with Crippen molar-refractivity contribution in [1.29, 1.82) is 0 Å². The maximum Gasteiger partial charge on any atom is 0.331 e. The molecule has 1 fully saturated rings. The zero-order valence-electron chi connectivity index (χ0n) is 17.8. The van der Waals surface area contributed by atoms with Crippen LogP contribution in [0.2, 0.25) is 0 Å². The van der Waals surface area contributed by atoms with Crippen LogP contribution in [0.3, 0.4) is 0 Å². The molecule has 1 saturated carbocycles. The zero-order chi connectivity index (χ0) is 21.4.